The predicted octanol–water partition coefficient (Wildman–Crippen LogP) is 2.14. The Morgan fingerprint density at radius 2 is 2.00 bits per heavy atom. The van der Waals surface area contributed by atoms with Gasteiger partial charge in [0.2, 0.25) is 0 Å². The van der Waals surface area contributed by atoms with E-state index in [0.717, 1.165) is 12.1 Å². The van der Waals surface area contributed by atoms with E-state index in [2.05, 4.69) is 0 Å². The average molecular weight is 282 g/mol. The van der Waals surface area contributed by atoms with Gasteiger partial charge in [-0.15, -0.1) is 0 Å². The van der Waals surface area contributed by atoms with Gasteiger partial charge in [-0.2, -0.15) is 8.78 Å². The molecule has 0 bridgehead atoms. The number of carbonyl (C=O) groups is 1. The van der Waals surface area contributed by atoms with Crippen LogP contribution in [0.5, 0.6) is 5.75 Å². The van der Waals surface area contributed by atoms with Crippen LogP contribution in [0.15, 0.2) is 18.2 Å². The predicted molar refractivity (Wildman–Crippen MR) is 54.3 cm³/mol. The zero-order chi connectivity index (χ0) is 14.8. The molecule has 0 saturated heterocycles. The maximum absolute atomic E-state index is 12.6. The number of hydrogen-bond donors (Lipinski definition) is 2. The second-order valence-electron chi connectivity index (χ2n) is 3.34. The van der Waals surface area contributed by atoms with Crippen LogP contribution in [-0.4, -0.2) is 28.3 Å². The van der Waals surface area contributed by atoms with Crippen molar-refractivity contribution in [1.29, 1.82) is 0 Å². The highest BCUT2D eigenvalue weighted by molar-refractivity contribution is 5.97. The summed E-state index contributed by atoms with van der Waals surface area (Å²) in [6, 6.07) is 2.12. The van der Waals surface area contributed by atoms with Crippen LogP contribution in [-0.2, 0) is 4.79 Å². The third-order valence-corrected chi connectivity index (χ3v) is 2.02. The lowest BCUT2D eigenvalue weighted by molar-refractivity contribution is -0.384. The number of non-ortho nitro benzene ring substituents is 1. The quantitative estimate of drug-likeness (QED) is 0.383. The van der Waals surface area contributed by atoms with Gasteiger partial charge in [0.15, 0.2) is 0 Å². The lowest BCUT2D eigenvalue weighted by atomic mass is 10.2. The number of halogens is 4. The van der Waals surface area contributed by atoms with Gasteiger partial charge in [0.05, 0.1) is 16.7 Å². The molecule has 0 spiro atoms. The van der Waals surface area contributed by atoms with Crippen molar-refractivity contribution in [2.75, 3.05) is 5.32 Å². The SMILES string of the molecule is O=C(Nc1ccc([N+](=O)[O-])cc1O)C(F)(F)C(F)F. The van der Waals surface area contributed by atoms with E-state index in [4.69, 9.17) is 0 Å². The zero-order valence-corrected chi connectivity index (χ0v) is 8.94. The maximum Gasteiger partial charge on any atom is 0.383 e. The first-order valence-corrected chi connectivity index (χ1v) is 4.61. The fourth-order valence-electron chi connectivity index (χ4n) is 1.04. The molecular weight excluding hydrogens is 276 g/mol. The number of aromatic hydroxyl groups is 1. The molecule has 0 radical (unpaired) electrons. The van der Waals surface area contributed by atoms with Crippen molar-refractivity contribution in [2.24, 2.45) is 0 Å². The summed E-state index contributed by atoms with van der Waals surface area (Å²) >= 11 is 0. The number of nitro benzene ring substituents is 1. The number of carbonyl (C=O) groups excluding carboxylic acids is 1. The molecule has 104 valence electrons. The second kappa shape index (κ2) is 5.08. The van der Waals surface area contributed by atoms with Crippen LogP contribution in [0.2, 0.25) is 0 Å². The zero-order valence-electron chi connectivity index (χ0n) is 8.94. The van der Waals surface area contributed by atoms with E-state index in [9.17, 15) is 37.6 Å². The van der Waals surface area contributed by atoms with Gasteiger partial charge in [-0.1, -0.05) is 0 Å². The van der Waals surface area contributed by atoms with Gasteiger partial charge in [0.1, 0.15) is 5.75 Å². The Kier molecular flexibility index (Phi) is 3.92. The molecule has 1 aromatic carbocycles. The molecule has 1 rings (SSSR count). The Morgan fingerprint density at radius 1 is 1.42 bits per heavy atom. The third-order valence-electron chi connectivity index (χ3n) is 2.02. The molecule has 0 aliphatic heterocycles. The van der Waals surface area contributed by atoms with E-state index in [0.29, 0.717) is 6.07 Å². The number of nitro groups is 1. The van der Waals surface area contributed by atoms with Gasteiger partial charge in [-0.3, -0.25) is 14.9 Å². The Hall–Kier alpha value is -2.39. The minimum atomic E-state index is -4.94. The summed E-state index contributed by atoms with van der Waals surface area (Å²) in [6.45, 7) is 0. The number of phenols is 1. The minimum Gasteiger partial charge on any atom is -0.506 e. The van der Waals surface area contributed by atoms with E-state index < -0.39 is 40.3 Å². The third kappa shape index (κ3) is 3.09. The first-order valence-electron chi connectivity index (χ1n) is 4.61. The Morgan fingerprint density at radius 3 is 2.42 bits per heavy atom. The Balaban J connectivity index is 2.95. The molecule has 6 nitrogen and oxygen atoms in total. The largest absolute Gasteiger partial charge is 0.506 e. The first kappa shape index (κ1) is 14.7. The van der Waals surface area contributed by atoms with Crippen molar-refractivity contribution >= 4 is 17.3 Å². The van der Waals surface area contributed by atoms with Crippen LogP contribution in [0, 0.1) is 10.1 Å². The van der Waals surface area contributed by atoms with Crippen molar-refractivity contribution in [3.05, 3.63) is 28.3 Å². The van der Waals surface area contributed by atoms with Gasteiger partial charge in [-0.05, 0) is 6.07 Å². The summed E-state index contributed by atoms with van der Waals surface area (Å²) in [5.74, 6) is -8.16. The number of hydrogen-bond acceptors (Lipinski definition) is 4. The molecule has 0 aliphatic carbocycles. The molecule has 0 saturated carbocycles. The van der Waals surface area contributed by atoms with E-state index in [1.165, 1.54) is 5.32 Å². The summed E-state index contributed by atoms with van der Waals surface area (Å²) in [4.78, 5) is 20.3. The average Bonchev–Trinajstić information content (AvgIpc) is 2.30. The molecule has 0 aromatic heterocycles. The molecular formula is C9H6F4N2O4. The molecule has 0 unspecified atom stereocenters. The van der Waals surface area contributed by atoms with Crippen molar-refractivity contribution in [3.8, 4) is 5.75 Å². The first-order chi connectivity index (χ1) is 8.66. The molecule has 10 heteroatoms. The van der Waals surface area contributed by atoms with Gasteiger partial charge < -0.3 is 10.4 Å². The number of amides is 1. The lowest BCUT2D eigenvalue weighted by Crippen LogP contribution is -2.40. The van der Waals surface area contributed by atoms with Crippen LogP contribution in [0.25, 0.3) is 0 Å². The molecule has 0 atom stereocenters. The second-order valence-corrected chi connectivity index (χ2v) is 3.34. The standard InChI is InChI=1S/C9H6F4N2O4/c10-7(11)9(12,13)8(17)14-5-2-1-4(15(18)19)3-6(5)16/h1-3,7,16H,(H,14,17). The fraction of sp³-hybridized carbons (Fsp3) is 0.222. The lowest BCUT2D eigenvalue weighted by Gasteiger charge is -2.15. The summed E-state index contributed by atoms with van der Waals surface area (Å²) in [5, 5.41) is 20.9. The van der Waals surface area contributed by atoms with E-state index in [1.807, 2.05) is 0 Å². The number of rotatable bonds is 4. The number of benzene rings is 1. The van der Waals surface area contributed by atoms with Crippen LogP contribution in [0.4, 0.5) is 28.9 Å². The fourth-order valence-corrected chi connectivity index (χ4v) is 1.04. The molecule has 2 N–H and O–H groups in total. The molecule has 0 fully saturated rings. The minimum absolute atomic E-state index is 0.559. The number of nitrogens with one attached hydrogen (secondary N) is 1. The topological polar surface area (TPSA) is 92.5 Å². The van der Waals surface area contributed by atoms with E-state index >= 15 is 0 Å². The van der Waals surface area contributed by atoms with Gasteiger partial charge in [0.25, 0.3) is 5.69 Å². The highest BCUT2D eigenvalue weighted by atomic mass is 19.3. The Labute approximate surface area is 102 Å². The smallest absolute Gasteiger partial charge is 0.383 e. The van der Waals surface area contributed by atoms with Crippen LogP contribution in [0.3, 0.4) is 0 Å². The number of alkyl halides is 4. The van der Waals surface area contributed by atoms with Crippen LogP contribution < -0.4 is 5.32 Å². The van der Waals surface area contributed by atoms with Crippen LogP contribution >= 0.6 is 0 Å². The molecule has 0 aliphatic rings. The number of nitrogens with zero attached hydrogens (tertiary/aromatic N) is 1. The highest BCUT2D eigenvalue weighted by Gasteiger charge is 2.49. The number of phenolic OH excluding ortho intramolecular Hbond substituents is 1. The van der Waals surface area contributed by atoms with Crippen molar-refractivity contribution in [1.82, 2.24) is 0 Å². The molecule has 19 heavy (non-hydrogen) atoms. The van der Waals surface area contributed by atoms with Crippen molar-refractivity contribution in [3.63, 3.8) is 0 Å². The van der Waals surface area contributed by atoms with Gasteiger partial charge in [0, 0.05) is 6.07 Å². The summed E-state index contributed by atoms with van der Waals surface area (Å²) in [6.07, 6.45) is -4.22. The highest BCUT2D eigenvalue weighted by Crippen LogP contribution is 2.30. The Bertz CT molecular complexity index is 521. The maximum atomic E-state index is 12.6. The normalized spacial score (nSPS) is 11.4. The number of anilines is 1. The molecule has 1 amide bonds. The van der Waals surface area contributed by atoms with E-state index in [-0.39, 0.29) is 0 Å². The van der Waals surface area contributed by atoms with Crippen molar-refractivity contribution in [2.45, 2.75) is 12.3 Å². The summed E-state index contributed by atoms with van der Waals surface area (Å²) in [7, 11) is 0. The monoisotopic (exact) mass is 282 g/mol. The van der Waals surface area contributed by atoms with Gasteiger partial charge >= 0.3 is 18.3 Å². The summed E-state index contributed by atoms with van der Waals surface area (Å²) in [5.41, 5.74) is -1.20. The molecule has 1 aromatic rings. The van der Waals surface area contributed by atoms with Crippen LogP contribution in [0.1, 0.15) is 0 Å². The van der Waals surface area contributed by atoms with E-state index in [1.54, 1.807) is 0 Å². The summed E-state index contributed by atoms with van der Waals surface area (Å²) < 4.78 is 49.0. The van der Waals surface area contributed by atoms with Crippen molar-refractivity contribution < 1.29 is 32.4 Å². The van der Waals surface area contributed by atoms with Gasteiger partial charge in [-0.25, -0.2) is 8.78 Å². The molecule has 0 heterocycles.